The zero-order valence-corrected chi connectivity index (χ0v) is 13.0. The van der Waals surface area contributed by atoms with Gasteiger partial charge >= 0.3 is 0 Å². The summed E-state index contributed by atoms with van der Waals surface area (Å²) in [6, 6.07) is 19.4. The molecule has 0 heterocycles. The summed E-state index contributed by atoms with van der Waals surface area (Å²) in [4.78, 5) is 0. The van der Waals surface area contributed by atoms with Gasteiger partial charge in [0, 0.05) is 17.9 Å². The predicted octanol–water partition coefficient (Wildman–Crippen LogP) is 5.18. The van der Waals surface area contributed by atoms with Crippen LogP contribution in [0.15, 0.2) is 54.6 Å². The van der Waals surface area contributed by atoms with E-state index in [-0.39, 0.29) is 0 Å². The van der Waals surface area contributed by atoms with Gasteiger partial charge in [-0.2, -0.15) is 0 Å². The number of anilines is 1. The van der Waals surface area contributed by atoms with Crippen molar-refractivity contribution >= 4 is 5.69 Å². The number of hydrogen-bond donors (Lipinski definition) is 1. The van der Waals surface area contributed by atoms with E-state index in [1.54, 1.807) is 0 Å². The van der Waals surface area contributed by atoms with Gasteiger partial charge in [0.25, 0.3) is 0 Å². The molecule has 0 saturated carbocycles. The first-order valence-electron chi connectivity index (χ1n) is 7.82. The van der Waals surface area contributed by atoms with Crippen LogP contribution in [0.4, 0.5) is 5.69 Å². The van der Waals surface area contributed by atoms with Crippen LogP contribution in [0.25, 0.3) is 0 Å². The molecule has 0 aliphatic rings. The van der Waals surface area contributed by atoms with E-state index in [2.05, 4.69) is 66.8 Å². The van der Waals surface area contributed by atoms with Crippen LogP contribution in [-0.4, -0.2) is 6.61 Å². The van der Waals surface area contributed by atoms with Crippen molar-refractivity contribution in [2.24, 2.45) is 0 Å². The van der Waals surface area contributed by atoms with Gasteiger partial charge in [0.2, 0.25) is 0 Å². The van der Waals surface area contributed by atoms with Crippen molar-refractivity contribution < 1.29 is 4.74 Å². The highest BCUT2D eigenvalue weighted by atomic mass is 16.5. The highest BCUT2D eigenvalue weighted by molar-refractivity contribution is 5.52. The van der Waals surface area contributed by atoms with E-state index in [1.165, 1.54) is 16.8 Å². The first-order chi connectivity index (χ1) is 10.3. The summed E-state index contributed by atoms with van der Waals surface area (Å²) in [7, 11) is 0. The lowest BCUT2D eigenvalue weighted by atomic mass is 10.0. The van der Waals surface area contributed by atoms with Crippen LogP contribution in [-0.2, 0) is 11.3 Å². The van der Waals surface area contributed by atoms with E-state index in [9.17, 15) is 0 Å². The third-order valence-electron chi connectivity index (χ3n) is 3.59. The van der Waals surface area contributed by atoms with Gasteiger partial charge in [-0.05, 0) is 25.0 Å². The fourth-order valence-electron chi connectivity index (χ4n) is 2.48. The molecule has 0 saturated heterocycles. The quantitative estimate of drug-likeness (QED) is 0.721. The molecule has 0 fully saturated rings. The number of para-hydroxylation sites is 1. The molecule has 0 bridgehead atoms. The maximum absolute atomic E-state index is 5.57. The summed E-state index contributed by atoms with van der Waals surface area (Å²) in [5.74, 6) is 0. The predicted molar refractivity (Wildman–Crippen MR) is 89.5 cm³/mol. The van der Waals surface area contributed by atoms with Crippen LogP contribution in [0.1, 0.15) is 43.9 Å². The SMILES string of the molecule is CCCC(Nc1ccccc1COCC)c1ccccc1. The fraction of sp³-hybridized carbons (Fsp3) is 0.368. The molecular formula is C19H25NO. The molecule has 2 nitrogen and oxygen atoms in total. The third-order valence-corrected chi connectivity index (χ3v) is 3.59. The Morgan fingerprint density at radius 2 is 1.67 bits per heavy atom. The Balaban J connectivity index is 2.17. The summed E-state index contributed by atoms with van der Waals surface area (Å²) in [5.41, 5.74) is 3.73. The average Bonchev–Trinajstić information content (AvgIpc) is 2.54. The molecule has 0 aromatic heterocycles. The van der Waals surface area contributed by atoms with Crippen LogP contribution in [0.5, 0.6) is 0 Å². The average molecular weight is 283 g/mol. The molecule has 0 radical (unpaired) electrons. The normalized spacial score (nSPS) is 12.1. The van der Waals surface area contributed by atoms with E-state index < -0.39 is 0 Å². The van der Waals surface area contributed by atoms with Crippen molar-refractivity contribution in [1.29, 1.82) is 0 Å². The second-order valence-electron chi connectivity index (χ2n) is 5.19. The van der Waals surface area contributed by atoms with Crippen molar-refractivity contribution in [1.82, 2.24) is 0 Å². The Morgan fingerprint density at radius 1 is 0.952 bits per heavy atom. The largest absolute Gasteiger partial charge is 0.378 e. The van der Waals surface area contributed by atoms with Crippen molar-refractivity contribution in [3.8, 4) is 0 Å². The minimum absolute atomic E-state index is 0.346. The van der Waals surface area contributed by atoms with Gasteiger partial charge in [-0.1, -0.05) is 61.9 Å². The van der Waals surface area contributed by atoms with Crippen molar-refractivity contribution in [3.05, 3.63) is 65.7 Å². The molecule has 1 N–H and O–H groups in total. The first-order valence-corrected chi connectivity index (χ1v) is 7.82. The van der Waals surface area contributed by atoms with E-state index in [0.717, 1.165) is 19.4 Å². The second kappa shape index (κ2) is 8.48. The molecule has 2 rings (SSSR count). The molecular weight excluding hydrogens is 258 g/mol. The van der Waals surface area contributed by atoms with Gasteiger partial charge in [0.15, 0.2) is 0 Å². The molecule has 112 valence electrons. The van der Waals surface area contributed by atoms with Crippen molar-refractivity contribution in [2.45, 2.75) is 39.3 Å². The molecule has 2 aromatic rings. The minimum atomic E-state index is 0.346. The van der Waals surface area contributed by atoms with Crippen molar-refractivity contribution in [3.63, 3.8) is 0 Å². The Morgan fingerprint density at radius 3 is 2.38 bits per heavy atom. The highest BCUT2D eigenvalue weighted by Gasteiger charge is 2.12. The van der Waals surface area contributed by atoms with Crippen LogP contribution >= 0.6 is 0 Å². The van der Waals surface area contributed by atoms with Gasteiger partial charge in [-0.25, -0.2) is 0 Å². The smallest absolute Gasteiger partial charge is 0.0736 e. The molecule has 0 aliphatic carbocycles. The summed E-state index contributed by atoms with van der Waals surface area (Å²) < 4.78 is 5.57. The molecule has 0 aliphatic heterocycles. The number of ether oxygens (including phenoxy) is 1. The number of nitrogens with one attached hydrogen (secondary N) is 1. The van der Waals surface area contributed by atoms with E-state index in [1.807, 2.05) is 6.92 Å². The zero-order chi connectivity index (χ0) is 14.9. The summed E-state index contributed by atoms with van der Waals surface area (Å²) in [6.07, 6.45) is 2.27. The van der Waals surface area contributed by atoms with Gasteiger partial charge in [0.1, 0.15) is 0 Å². The maximum atomic E-state index is 5.57. The topological polar surface area (TPSA) is 21.3 Å². The first kappa shape index (κ1) is 15.6. The van der Waals surface area contributed by atoms with Crippen molar-refractivity contribution in [2.75, 3.05) is 11.9 Å². The maximum Gasteiger partial charge on any atom is 0.0736 e. The Kier molecular flexibility index (Phi) is 6.29. The Bertz CT molecular complexity index is 524. The molecule has 0 amide bonds. The molecule has 2 heteroatoms. The monoisotopic (exact) mass is 283 g/mol. The standard InChI is InChI=1S/C19H25NO/c1-3-10-18(16-11-6-5-7-12-16)20-19-14-9-8-13-17(19)15-21-4-2/h5-9,11-14,18,20H,3-4,10,15H2,1-2H3. The van der Waals surface area contributed by atoms with Crippen LogP contribution in [0.2, 0.25) is 0 Å². The lowest BCUT2D eigenvalue weighted by Gasteiger charge is -2.22. The van der Waals surface area contributed by atoms with Gasteiger partial charge in [0.05, 0.1) is 12.6 Å². The number of rotatable bonds is 8. The van der Waals surface area contributed by atoms with Crippen LogP contribution < -0.4 is 5.32 Å². The molecule has 1 atom stereocenters. The van der Waals surface area contributed by atoms with Gasteiger partial charge in [-0.3, -0.25) is 0 Å². The Hall–Kier alpha value is -1.80. The van der Waals surface area contributed by atoms with Crippen LogP contribution in [0.3, 0.4) is 0 Å². The zero-order valence-electron chi connectivity index (χ0n) is 13.0. The molecule has 1 unspecified atom stereocenters. The summed E-state index contributed by atoms with van der Waals surface area (Å²) in [5, 5.41) is 3.69. The molecule has 2 aromatic carbocycles. The summed E-state index contributed by atoms with van der Waals surface area (Å²) >= 11 is 0. The van der Waals surface area contributed by atoms with E-state index in [0.29, 0.717) is 12.6 Å². The highest BCUT2D eigenvalue weighted by Crippen LogP contribution is 2.26. The van der Waals surface area contributed by atoms with Gasteiger partial charge < -0.3 is 10.1 Å². The lowest BCUT2D eigenvalue weighted by molar-refractivity contribution is 0.134. The summed E-state index contributed by atoms with van der Waals surface area (Å²) in [6.45, 7) is 5.66. The molecule has 0 spiro atoms. The van der Waals surface area contributed by atoms with Crippen LogP contribution in [0, 0.1) is 0 Å². The second-order valence-corrected chi connectivity index (χ2v) is 5.19. The molecule has 21 heavy (non-hydrogen) atoms. The number of benzene rings is 2. The van der Waals surface area contributed by atoms with E-state index >= 15 is 0 Å². The van der Waals surface area contributed by atoms with E-state index in [4.69, 9.17) is 4.74 Å². The van der Waals surface area contributed by atoms with Gasteiger partial charge in [-0.15, -0.1) is 0 Å². The lowest BCUT2D eigenvalue weighted by Crippen LogP contribution is -2.12. The minimum Gasteiger partial charge on any atom is -0.378 e. The fourth-order valence-corrected chi connectivity index (χ4v) is 2.48. The Labute approximate surface area is 128 Å². The number of hydrogen-bond acceptors (Lipinski definition) is 2. The third kappa shape index (κ3) is 4.61.